The van der Waals surface area contributed by atoms with Crippen LogP contribution in [0.1, 0.15) is 77.2 Å². The number of aldehydes is 1. The minimum Gasteiger partial charge on any atom is -0.472 e. The molecule has 4 fully saturated rings. The molecule has 0 bridgehead atoms. The van der Waals surface area contributed by atoms with Crippen molar-refractivity contribution in [3.8, 4) is 0 Å². The lowest BCUT2D eigenvalue weighted by Crippen LogP contribution is -2.60. The lowest BCUT2D eigenvalue weighted by Gasteiger charge is -2.63. The first-order chi connectivity index (χ1) is 13.5. The maximum absolute atomic E-state index is 12.5. The molecule has 8 atom stereocenters. The smallest absolute Gasteiger partial charge is 0.133 e. The second-order valence-electron chi connectivity index (χ2n) is 11.0. The van der Waals surface area contributed by atoms with Crippen molar-refractivity contribution in [2.45, 2.75) is 83.2 Å². The standard InChI is InChI=1S/C25H36O3/c1-23-10-4-5-20(23)19-7-6-17-13-25(16-26,18-9-12-28-15-18)22(27-3)14-24(17,2)21(19)8-11-23/h9,12,15-17,19-22H,4-8,10-11,13-14H2,1-3H3/t17-,19+,20-,21+,22?,23+,24+,25+/m1/s1. The summed E-state index contributed by atoms with van der Waals surface area (Å²) < 4.78 is 11.4. The number of furan rings is 1. The van der Waals surface area contributed by atoms with Crippen LogP contribution in [0.3, 0.4) is 0 Å². The van der Waals surface area contributed by atoms with Gasteiger partial charge in [0.05, 0.1) is 24.0 Å². The second kappa shape index (κ2) is 6.45. The van der Waals surface area contributed by atoms with Gasteiger partial charge in [0.25, 0.3) is 0 Å². The lowest BCUT2D eigenvalue weighted by molar-refractivity contribution is -0.158. The summed E-state index contributed by atoms with van der Waals surface area (Å²) in [5.41, 5.74) is 1.35. The number of hydrogen-bond acceptors (Lipinski definition) is 3. The van der Waals surface area contributed by atoms with Gasteiger partial charge in [-0.25, -0.2) is 0 Å². The minimum atomic E-state index is -0.546. The van der Waals surface area contributed by atoms with Gasteiger partial charge in [-0.15, -0.1) is 0 Å². The Labute approximate surface area is 169 Å². The van der Waals surface area contributed by atoms with Crippen LogP contribution in [-0.4, -0.2) is 19.5 Å². The van der Waals surface area contributed by atoms with Gasteiger partial charge in [-0.05, 0) is 91.9 Å². The van der Waals surface area contributed by atoms with Crippen LogP contribution in [0.2, 0.25) is 0 Å². The van der Waals surface area contributed by atoms with E-state index in [1.54, 1.807) is 19.6 Å². The summed E-state index contributed by atoms with van der Waals surface area (Å²) in [5.74, 6) is 3.22. The number of methoxy groups -OCH3 is 1. The number of rotatable bonds is 3. The Morgan fingerprint density at radius 1 is 1.11 bits per heavy atom. The number of carbonyl (C=O) groups is 1. The monoisotopic (exact) mass is 384 g/mol. The first-order valence-corrected chi connectivity index (χ1v) is 11.5. The van der Waals surface area contributed by atoms with Crippen molar-refractivity contribution in [1.82, 2.24) is 0 Å². The molecule has 0 saturated heterocycles. The highest BCUT2D eigenvalue weighted by molar-refractivity contribution is 5.70. The van der Waals surface area contributed by atoms with E-state index in [0.29, 0.717) is 16.7 Å². The number of ether oxygens (including phenoxy) is 1. The second-order valence-corrected chi connectivity index (χ2v) is 11.0. The van der Waals surface area contributed by atoms with Gasteiger partial charge in [-0.3, -0.25) is 0 Å². The van der Waals surface area contributed by atoms with Crippen molar-refractivity contribution in [3.05, 3.63) is 24.2 Å². The summed E-state index contributed by atoms with van der Waals surface area (Å²) in [5, 5.41) is 0. The normalized spacial score (nSPS) is 50.5. The maximum Gasteiger partial charge on any atom is 0.133 e. The van der Waals surface area contributed by atoms with Crippen LogP contribution in [0.15, 0.2) is 23.0 Å². The SMILES string of the molecule is COC1C[C@@]2(C)[C@H](CC[C@H]3[C@H]4CCC[C@@]4(C)CC[C@@H]32)C[C@]1(C=O)c1ccoc1. The summed E-state index contributed by atoms with van der Waals surface area (Å²) in [6, 6.07) is 1.97. The van der Waals surface area contributed by atoms with Crippen molar-refractivity contribution < 1.29 is 13.9 Å². The molecule has 4 aliphatic carbocycles. The van der Waals surface area contributed by atoms with E-state index in [1.807, 2.05) is 6.07 Å². The molecule has 1 unspecified atom stereocenters. The molecule has 3 nitrogen and oxygen atoms in total. The van der Waals surface area contributed by atoms with Crippen LogP contribution in [0.25, 0.3) is 0 Å². The van der Waals surface area contributed by atoms with E-state index in [9.17, 15) is 4.79 Å². The third-order valence-electron chi connectivity index (χ3n) is 10.2. The summed E-state index contributed by atoms with van der Waals surface area (Å²) in [4.78, 5) is 12.5. The zero-order valence-corrected chi connectivity index (χ0v) is 17.8. The lowest BCUT2D eigenvalue weighted by atomic mass is 9.42. The summed E-state index contributed by atoms with van der Waals surface area (Å²) in [6.07, 6.45) is 16.2. The molecule has 1 aromatic rings. The highest BCUT2D eigenvalue weighted by Gasteiger charge is 2.62. The van der Waals surface area contributed by atoms with Crippen molar-refractivity contribution in [3.63, 3.8) is 0 Å². The number of carbonyl (C=O) groups excluding carboxylic acids is 1. The molecule has 0 spiro atoms. The van der Waals surface area contributed by atoms with Gasteiger partial charge >= 0.3 is 0 Å². The van der Waals surface area contributed by atoms with Gasteiger partial charge in [0.2, 0.25) is 0 Å². The van der Waals surface area contributed by atoms with Crippen molar-refractivity contribution in [1.29, 1.82) is 0 Å². The molecule has 0 aromatic carbocycles. The fourth-order valence-corrected chi connectivity index (χ4v) is 8.62. The van der Waals surface area contributed by atoms with Crippen LogP contribution in [0.4, 0.5) is 0 Å². The molecular formula is C25H36O3. The van der Waals surface area contributed by atoms with E-state index in [4.69, 9.17) is 9.15 Å². The maximum atomic E-state index is 12.5. The van der Waals surface area contributed by atoms with Gasteiger partial charge in [-0.2, -0.15) is 0 Å². The Morgan fingerprint density at radius 2 is 1.96 bits per heavy atom. The van der Waals surface area contributed by atoms with Gasteiger partial charge in [-0.1, -0.05) is 20.3 Å². The molecule has 154 valence electrons. The summed E-state index contributed by atoms with van der Waals surface area (Å²) >= 11 is 0. The molecule has 1 heterocycles. The molecule has 0 radical (unpaired) electrons. The Morgan fingerprint density at radius 3 is 2.68 bits per heavy atom. The first kappa shape index (κ1) is 18.9. The van der Waals surface area contributed by atoms with Crippen molar-refractivity contribution in [2.24, 2.45) is 34.5 Å². The van der Waals surface area contributed by atoms with Crippen LogP contribution in [0, 0.1) is 34.5 Å². The Hall–Kier alpha value is -1.09. The molecule has 0 amide bonds. The Balaban J connectivity index is 1.49. The fourth-order valence-electron chi connectivity index (χ4n) is 8.62. The zero-order valence-electron chi connectivity index (χ0n) is 17.8. The highest BCUT2D eigenvalue weighted by Crippen LogP contribution is 2.67. The average Bonchev–Trinajstić information content (AvgIpc) is 3.36. The van der Waals surface area contributed by atoms with E-state index < -0.39 is 5.41 Å². The van der Waals surface area contributed by atoms with E-state index in [1.165, 1.54) is 51.2 Å². The average molecular weight is 385 g/mol. The molecular weight excluding hydrogens is 348 g/mol. The quantitative estimate of drug-likeness (QED) is 0.621. The zero-order chi connectivity index (χ0) is 19.6. The molecule has 3 heteroatoms. The van der Waals surface area contributed by atoms with Crippen molar-refractivity contribution in [2.75, 3.05) is 7.11 Å². The topological polar surface area (TPSA) is 39.4 Å². The molecule has 5 rings (SSSR count). The van der Waals surface area contributed by atoms with Crippen LogP contribution >= 0.6 is 0 Å². The van der Waals surface area contributed by atoms with E-state index in [0.717, 1.165) is 36.2 Å². The van der Waals surface area contributed by atoms with Crippen LogP contribution in [-0.2, 0) is 14.9 Å². The predicted molar refractivity (Wildman–Crippen MR) is 109 cm³/mol. The van der Waals surface area contributed by atoms with Crippen molar-refractivity contribution >= 4 is 6.29 Å². The van der Waals surface area contributed by atoms with E-state index in [2.05, 4.69) is 13.8 Å². The fraction of sp³-hybridized carbons (Fsp3) is 0.800. The molecule has 4 aliphatic rings. The number of hydrogen-bond donors (Lipinski definition) is 0. The molecule has 1 aromatic heterocycles. The van der Waals surface area contributed by atoms with Gasteiger partial charge < -0.3 is 13.9 Å². The highest BCUT2D eigenvalue weighted by atomic mass is 16.5. The molecule has 0 aliphatic heterocycles. The van der Waals surface area contributed by atoms with E-state index >= 15 is 0 Å². The Kier molecular flexibility index (Phi) is 4.36. The predicted octanol–water partition coefficient (Wildman–Crippen LogP) is 5.77. The third-order valence-corrected chi connectivity index (χ3v) is 10.2. The number of fused-ring (bicyclic) bond motifs is 5. The van der Waals surface area contributed by atoms with Crippen LogP contribution < -0.4 is 0 Å². The molecule has 4 saturated carbocycles. The van der Waals surface area contributed by atoms with Crippen LogP contribution in [0.5, 0.6) is 0 Å². The summed E-state index contributed by atoms with van der Waals surface area (Å²) in [6.45, 7) is 5.12. The van der Waals surface area contributed by atoms with Gasteiger partial charge in [0.1, 0.15) is 6.29 Å². The molecule has 0 N–H and O–H groups in total. The van der Waals surface area contributed by atoms with E-state index in [-0.39, 0.29) is 6.10 Å². The van der Waals surface area contributed by atoms with Gasteiger partial charge in [0, 0.05) is 12.7 Å². The third kappa shape index (κ3) is 2.41. The minimum absolute atomic E-state index is 0.0560. The first-order valence-electron chi connectivity index (χ1n) is 11.5. The summed E-state index contributed by atoms with van der Waals surface area (Å²) in [7, 11) is 1.79. The Bertz CT molecular complexity index is 726. The largest absolute Gasteiger partial charge is 0.472 e. The molecule has 28 heavy (non-hydrogen) atoms. The van der Waals surface area contributed by atoms with Gasteiger partial charge in [0.15, 0.2) is 0 Å².